The van der Waals surface area contributed by atoms with E-state index in [1.807, 2.05) is 48.7 Å². The summed E-state index contributed by atoms with van der Waals surface area (Å²) in [6.07, 6.45) is 5.40. The number of imidazole rings is 1. The zero-order chi connectivity index (χ0) is 16.2. The van der Waals surface area contributed by atoms with Crippen molar-refractivity contribution in [2.75, 3.05) is 18.4 Å². The topological polar surface area (TPSA) is 71.3 Å². The molecule has 1 amide bonds. The lowest BCUT2D eigenvalue weighted by Gasteiger charge is -2.08. The SMILES string of the molecule is Cc1ccc2nc(C)c(C(=O)NCCNc3cccnc3)n2c1. The van der Waals surface area contributed by atoms with Gasteiger partial charge in [-0.25, -0.2) is 4.98 Å². The first kappa shape index (κ1) is 15.0. The predicted octanol–water partition coefficient (Wildman–Crippen LogP) is 2.19. The molecule has 3 heterocycles. The Labute approximate surface area is 134 Å². The van der Waals surface area contributed by atoms with Crippen molar-refractivity contribution in [3.63, 3.8) is 0 Å². The van der Waals surface area contributed by atoms with Gasteiger partial charge in [0, 0.05) is 31.7 Å². The predicted molar refractivity (Wildman–Crippen MR) is 89.7 cm³/mol. The molecule has 0 aromatic carbocycles. The summed E-state index contributed by atoms with van der Waals surface area (Å²) in [5.41, 5.74) is 4.12. The second kappa shape index (κ2) is 6.48. The van der Waals surface area contributed by atoms with Gasteiger partial charge in [-0.15, -0.1) is 0 Å². The Morgan fingerprint density at radius 3 is 2.87 bits per heavy atom. The third-order valence-electron chi connectivity index (χ3n) is 3.56. The molecule has 3 aromatic rings. The van der Waals surface area contributed by atoms with Gasteiger partial charge in [0.05, 0.1) is 11.4 Å². The molecular weight excluding hydrogens is 290 g/mol. The number of hydrogen-bond donors (Lipinski definition) is 2. The molecule has 3 rings (SSSR count). The summed E-state index contributed by atoms with van der Waals surface area (Å²) in [5, 5.41) is 6.13. The van der Waals surface area contributed by atoms with E-state index < -0.39 is 0 Å². The molecule has 0 saturated carbocycles. The maximum atomic E-state index is 12.5. The molecule has 0 fully saturated rings. The monoisotopic (exact) mass is 309 g/mol. The van der Waals surface area contributed by atoms with Crippen LogP contribution in [0.2, 0.25) is 0 Å². The Kier molecular flexibility index (Phi) is 4.23. The first-order valence-corrected chi connectivity index (χ1v) is 7.52. The van der Waals surface area contributed by atoms with E-state index in [9.17, 15) is 4.79 Å². The molecule has 0 saturated heterocycles. The summed E-state index contributed by atoms with van der Waals surface area (Å²) in [6.45, 7) is 5.00. The fourth-order valence-electron chi connectivity index (χ4n) is 2.48. The highest BCUT2D eigenvalue weighted by Gasteiger charge is 2.15. The average molecular weight is 309 g/mol. The van der Waals surface area contributed by atoms with E-state index in [1.54, 1.807) is 12.4 Å². The van der Waals surface area contributed by atoms with Crippen LogP contribution in [0.3, 0.4) is 0 Å². The maximum absolute atomic E-state index is 12.5. The number of rotatable bonds is 5. The fourth-order valence-corrected chi connectivity index (χ4v) is 2.48. The molecule has 2 N–H and O–H groups in total. The maximum Gasteiger partial charge on any atom is 0.270 e. The van der Waals surface area contributed by atoms with E-state index in [1.165, 1.54) is 0 Å². The number of hydrogen-bond acceptors (Lipinski definition) is 4. The molecule has 6 nitrogen and oxygen atoms in total. The summed E-state index contributed by atoms with van der Waals surface area (Å²) in [4.78, 5) is 20.9. The third kappa shape index (κ3) is 3.31. The van der Waals surface area contributed by atoms with Crippen LogP contribution in [0.25, 0.3) is 5.65 Å². The van der Waals surface area contributed by atoms with Crippen molar-refractivity contribution >= 4 is 17.2 Å². The van der Waals surface area contributed by atoms with Crippen LogP contribution in [0.1, 0.15) is 21.7 Å². The first-order chi connectivity index (χ1) is 11.1. The number of carbonyl (C=O) groups excluding carboxylic acids is 1. The molecule has 0 radical (unpaired) electrons. The summed E-state index contributed by atoms with van der Waals surface area (Å²) in [5.74, 6) is -0.117. The summed E-state index contributed by atoms with van der Waals surface area (Å²) in [7, 11) is 0. The molecule has 0 bridgehead atoms. The molecule has 0 aliphatic carbocycles. The van der Waals surface area contributed by atoms with Gasteiger partial charge in [-0.1, -0.05) is 6.07 Å². The van der Waals surface area contributed by atoms with Crippen molar-refractivity contribution in [2.45, 2.75) is 13.8 Å². The number of pyridine rings is 2. The average Bonchev–Trinajstić information content (AvgIpc) is 2.87. The first-order valence-electron chi connectivity index (χ1n) is 7.52. The smallest absolute Gasteiger partial charge is 0.270 e. The van der Waals surface area contributed by atoms with Gasteiger partial charge in [0.15, 0.2) is 0 Å². The number of anilines is 1. The number of nitrogens with zero attached hydrogens (tertiary/aromatic N) is 3. The molecule has 118 valence electrons. The van der Waals surface area contributed by atoms with E-state index in [-0.39, 0.29) is 5.91 Å². The van der Waals surface area contributed by atoms with E-state index in [0.29, 0.717) is 18.8 Å². The van der Waals surface area contributed by atoms with Crippen molar-refractivity contribution in [1.29, 1.82) is 0 Å². The van der Waals surface area contributed by atoms with Gasteiger partial charge in [-0.3, -0.25) is 14.2 Å². The molecule has 23 heavy (non-hydrogen) atoms. The lowest BCUT2D eigenvalue weighted by Crippen LogP contribution is -2.30. The number of aryl methyl sites for hydroxylation is 2. The molecule has 0 unspecified atom stereocenters. The van der Waals surface area contributed by atoms with Crippen LogP contribution in [0.4, 0.5) is 5.69 Å². The van der Waals surface area contributed by atoms with Crippen molar-refractivity contribution in [1.82, 2.24) is 19.7 Å². The highest BCUT2D eigenvalue weighted by Crippen LogP contribution is 2.13. The molecule has 0 aliphatic heterocycles. The lowest BCUT2D eigenvalue weighted by molar-refractivity contribution is 0.0948. The van der Waals surface area contributed by atoms with Crippen LogP contribution in [0, 0.1) is 13.8 Å². The van der Waals surface area contributed by atoms with E-state index in [0.717, 1.165) is 22.6 Å². The van der Waals surface area contributed by atoms with Crippen LogP contribution in [-0.2, 0) is 0 Å². The van der Waals surface area contributed by atoms with Gasteiger partial charge in [0.25, 0.3) is 5.91 Å². The number of carbonyl (C=O) groups is 1. The zero-order valence-corrected chi connectivity index (χ0v) is 13.2. The molecular formula is C17H19N5O. The van der Waals surface area contributed by atoms with Crippen LogP contribution in [0.5, 0.6) is 0 Å². The number of amides is 1. The minimum atomic E-state index is -0.117. The van der Waals surface area contributed by atoms with Crippen LogP contribution < -0.4 is 10.6 Å². The number of fused-ring (bicyclic) bond motifs is 1. The Hall–Kier alpha value is -2.89. The van der Waals surface area contributed by atoms with Gasteiger partial charge in [-0.2, -0.15) is 0 Å². The minimum absolute atomic E-state index is 0.117. The zero-order valence-electron chi connectivity index (χ0n) is 13.2. The normalized spacial score (nSPS) is 10.7. The fraction of sp³-hybridized carbons (Fsp3) is 0.235. The van der Waals surface area contributed by atoms with Crippen LogP contribution >= 0.6 is 0 Å². The van der Waals surface area contributed by atoms with Crippen LogP contribution in [-0.4, -0.2) is 33.4 Å². The Balaban J connectivity index is 1.64. The van der Waals surface area contributed by atoms with Crippen molar-refractivity contribution in [3.05, 3.63) is 59.8 Å². The van der Waals surface area contributed by atoms with Gasteiger partial charge in [0.2, 0.25) is 0 Å². The van der Waals surface area contributed by atoms with E-state index in [2.05, 4.69) is 20.6 Å². The van der Waals surface area contributed by atoms with Gasteiger partial charge in [-0.05, 0) is 37.6 Å². The van der Waals surface area contributed by atoms with Gasteiger partial charge >= 0.3 is 0 Å². The van der Waals surface area contributed by atoms with E-state index >= 15 is 0 Å². The van der Waals surface area contributed by atoms with E-state index in [4.69, 9.17) is 0 Å². The number of nitrogens with one attached hydrogen (secondary N) is 2. The largest absolute Gasteiger partial charge is 0.382 e. The Morgan fingerprint density at radius 1 is 1.22 bits per heavy atom. The number of aromatic nitrogens is 3. The quantitative estimate of drug-likeness (QED) is 0.709. The van der Waals surface area contributed by atoms with Crippen molar-refractivity contribution < 1.29 is 4.79 Å². The molecule has 0 aliphatic rings. The second-order valence-corrected chi connectivity index (χ2v) is 5.40. The highest BCUT2D eigenvalue weighted by molar-refractivity contribution is 5.94. The summed E-state index contributed by atoms with van der Waals surface area (Å²) >= 11 is 0. The standard InChI is InChI=1S/C17H19N5O/c1-12-5-6-15-21-13(2)16(22(15)11-12)17(23)20-9-8-19-14-4-3-7-18-10-14/h3-7,10-11,19H,8-9H2,1-2H3,(H,20,23). The summed E-state index contributed by atoms with van der Waals surface area (Å²) < 4.78 is 1.84. The van der Waals surface area contributed by atoms with Crippen molar-refractivity contribution in [2.24, 2.45) is 0 Å². The Bertz CT molecular complexity index is 826. The van der Waals surface area contributed by atoms with Crippen LogP contribution in [0.15, 0.2) is 42.9 Å². The molecule has 3 aromatic heterocycles. The molecule has 6 heteroatoms. The molecule has 0 spiro atoms. The second-order valence-electron chi connectivity index (χ2n) is 5.40. The van der Waals surface area contributed by atoms with Crippen molar-refractivity contribution in [3.8, 4) is 0 Å². The minimum Gasteiger partial charge on any atom is -0.382 e. The summed E-state index contributed by atoms with van der Waals surface area (Å²) in [6, 6.07) is 7.71. The Morgan fingerprint density at radius 2 is 2.09 bits per heavy atom. The van der Waals surface area contributed by atoms with Gasteiger partial charge in [0.1, 0.15) is 11.3 Å². The molecule has 0 atom stereocenters. The highest BCUT2D eigenvalue weighted by atomic mass is 16.1. The lowest BCUT2D eigenvalue weighted by atomic mass is 10.3. The third-order valence-corrected chi connectivity index (χ3v) is 3.56. The van der Waals surface area contributed by atoms with Gasteiger partial charge < -0.3 is 10.6 Å².